The first-order valence-electron chi connectivity index (χ1n) is 5.41. The second-order valence-electron chi connectivity index (χ2n) is 3.79. The number of nitrogens with one attached hydrogen (secondary N) is 1. The zero-order valence-electron chi connectivity index (χ0n) is 9.75. The summed E-state index contributed by atoms with van der Waals surface area (Å²) >= 11 is 16.0. The van der Waals surface area contributed by atoms with Crippen LogP contribution in [0, 0.1) is 5.92 Å². The summed E-state index contributed by atoms with van der Waals surface area (Å²) in [5.74, 6) is 0.312. The lowest BCUT2D eigenvalue weighted by Gasteiger charge is -2.14. The Morgan fingerprint density at radius 2 is 2.17 bits per heavy atom. The van der Waals surface area contributed by atoms with Crippen molar-refractivity contribution in [3.05, 3.63) is 14.7 Å². The molecule has 0 aliphatic heterocycles. The fourth-order valence-corrected chi connectivity index (χ4v) is 5.33. The topological polar surface area (TPSA) is 46.2 Å². The third kappa shape index (κ3) is 4.65. The minimum Gasteiger partial charge on any atom is -0.211 e. The number of halogens is 3. The molecule has 1 N–H and O–H groups in total. The SMILES string of the molecule is CCC(CCBr)CNS(=O)(=O)c1cc(Cl)sc1Cl. The van der Waals surface area contributed by atoms with Crippen molar-refractivity contribution < 1.29 is 8.42 Å². The van der Waals surface area contributed by atoms with Gasteiger partial charge in [-0.1, -0.05) is 52.5 Å². The average Bonchev–Trinajstić information content (AvgIpc) is 2.64. The third-order valence-corrected chi connectivity index (χ3v) is 6.21. The Morgan fingerprint density at radius 1 is 1.50 bits per heavy atom. The minimum atomic E-state index is -3.56. The molecule has 1 rings (SSSR count). The molecule has 0 radical (unpaired) electrons. The van der Waals surface area contributed by atoms with E-state index in [0.29, 0.717) is 16.8 Å². The van der Waals surface area contributed by atoms with Crippen molar-refractivity contribution in [3.63, 3.8) is 0 Å². The smallest absolute Gasteiger partial charge is 0.211 e. The van der Waals surface area contributed by atoms with Gasteiger partial charge < -0.3 is 0 Å². The van der Waals surface area contributed by atoms with Gasteiger partial charge in [-0.2, -0.15) is 0 Å². The number of sulfonamides is 1. The number of alkyl halides is 1. The highest BCUT2D eigenvalue weighted by molar-refractivity contribution is 9.09. The van der Waals surface area contributed by atoms with E-state index in [-0.39, 0.29) is 9.23 Å². The van der Waals surface area contributed by atoms with Crippen LogP contribution in [0.4, 0.5) is 0 Å². The Kier molecular flexibility index (Phi) is 6.92. The van der Waals surface area contributed by atoms with E-state index in [4.69, 9.17) is 23.2 Å². The van der Waals surface area contributed by atoms with Gasteiger partial charge >= 0.3 is 0 Å². The monoisotopic (exact) mass is 393 g/mol. The first-order chi connectivity index (χ1) is 8.40. The molecule has 0 spiro atoms. The number of hydrogen-bond acceptors (Lipinski definition) is 3. The Hall–Kier alpha value is 0.670. The summed E-state index contributed by atoms with van der Waals surface area (Å²) in [6.07, 6.45) is 1.85. The fourth-order valence-electron chi connectivity index (χ4n) is 1.42. The van der Waals surface area contributed by atoms with Crippen molar-refractivity contribution in [1.29, 1.82) is 0 Å². The second-order valence-corrected chi connectivity index (χ2v) is 8.61. The summed E-state index contributed by atoms with van der Waals surface area (Å²) in [6, 6.07) is 1.38. The first kappa shape index (κ1) is 16.7. The maximum Gasteiger partial charge on any atom is 0.242 e. The van der Waals surface area contributed by atoms with Gasteiger partial charge in [0.25, 0.3) is 0 Å². The van der Waals surface area contributed by atoms with Crippen LogP contribution >= 0.6 is 50.5 Å². The molecule has 0 fully saturated rings. The molecule has 0 aliphatic carbocycles. The molecule has 104 valence electrons. The van der Waals surface area contributed by atoms with Gasteiger partial charge in [-0.15, -0.1) is 11.3 Å². The zero-order valence-corrected chi connectivity index (χ0v) is 14.5. The molecule has 0 aromatic carbocycles. The van der Waals surface area contributed by atoms with Crippen molar-refractivity contribution in [2.75, 3.05) is 11.9 Å². The molecule has 3 nitrogen and oxygen atoms in total. The van der Waals surface area contributed by atoms with Crippen molar-refractivity contribution in [3.8, 4) is 0 Å². The fraction of sp³-hybridized carbons (Fsp3) is 0.600. The maximum atomic E-state index is 12.0. The van der Waals surface area contributed by atoms with Crippen molar-refractivity contribution in [1.82, 2.24) is 4.72 Å². The number of hydrogen-bond donors (Lipinski definition) is 1. The molecule has 0 saturated carbocycles. The summed E-state index contributed by atoms with van der Waals surface area (Å²) in [5.41, 5.74) is 0. The van der Waals surface area contributed by atoms with Gasteiger partial charge in [0, 0.05) is 11.9 Å². The number of rotatable bonds is 7. The highest BCUT2D eigenvalue weighted by atomic mass is 79.9. The molecular weight excluding hydrogens is 381 g/mol. The van der Waals surface area contributed by atoms with Crippen molar-refractivity contribution in [2.45, 2.75) is 24.7 Å². The van der Waals surface area contributed by atoms with Crippen LogP contribution in [-0.4, -0.2) is 20.3 Å². The van der Waals surface area contributed by atoms with Gasteiger partial charge in [0.1, 0.15) is 9.23 Å². The van der Waals surface area contributed by atoms with Crippen molar-refractivity contribution >= 4 is 60.5 Å². The van der Waals surface area contributed by atoms with Gasteiger partial charge in [-0.3, -0.25) is 0 Å². The van der Waals surface area contributed by atoms with Crippen molar-refractivity contribution in [2.24, 2.45) is 5.92 Å². The van der Waals surface area contributed by atoms with Crippen LogP contribution in [-0.2, 0) is 10.0 Å². The molecule has 0 amide bonds. The summed E-state index contributed by atoms with van der Waals surface area (Å²) in [7, 11) is -3.56. The highest BCUT2D eigenvalue weighted by Gasteiger charge is 2.21. The second kappa shape index (κ2) is 7.45. The van der Waals surface area contributed by atoms with Gasteiger partial charge in [0.15, 0.2) is 0 Å². The predicted molar refractivity (Wildman–Crippen MR) is 81.7 cm³/mol. The Morgan fingerprint density at radius 3 is 2.61 bits per heavy atom. The number of thiophene rings is 1. The predicted octanol–water partition coefficient (Wildman–Crippen LogP) is 4.14. The van der Waals surface area contributed by atoms with E-state index in [2.05, 4.69) is 20.7 Å². The van der Waals surface area contributed by atoms with Crippen LogP contribution in [0.2, 0.25) is 8.67 Å². The normalized spacial score (nSPS) is 13.8. The van der Waals surface area contributed by atoms with E-state index >= 15 is 0 Å². The first-order valence-corrected chi connectivity index (χ1v) is 9.58. The van der Waals surface area contributed by atoms with E-state index < -0.39 is 10.0 Å². The third-order valence-electron chi connectivity index (χ3n) is 2.57. The summed E-state index contributed by atoms with van der Waals surface area (Å²) in [6.45, 7) is 2.45. The lowest BCUT2D eigenvalue weighted by molar-refractivity contribution is 0.483. The molecular formula is C10H14BrCl2NO2S2. The van der Waals surface area contributed by atoms with E-state index in [0.717, 1.165) is 29.5 Å². The van der Waals surface area contributed by atoms with Crippen LogP contribution in [0.5, 0.6) is 0 Å². The van der Waals surface area contributed by atoms with Crippen LogP contribution in [0.25, 0.3) is 0 Å². The largest absolute Gasteiger partial charge is 0.242 e. The highest BCUT2D eigenvalue weighted by Crippen LogP contribution is 2.34. The molecule has 18 heavy (non-hydrogen) atoms. The molecule has 0 aliphatic rings. The lowest BCUT2D eigenvalue weighted by Crippen LogP contribution is -2.29. The summed E-state index contributed by atoms with van der Waals surface area (Å²) in [5, 5.41) is 0.859. The van der Waals surface area contributed by atoms with Gasteiger partial charge in [0.2, 0.25) is 10.0 Å². The molecule has 1 aromatic heterocycles. The van der Waals surface area contributed by atoms with E-state index in [9.17, 15) is 8.42 Å². The zero-order chi connectivity index (χ0) is 13.8. The van der Waals surface area contributed by atoms with Crippen LogP contribution in [0.1, 0.15) is 19.8 Å². The lowest BCUT2D eigenvalue weighted by atomic mass is 10.0. The van der Waals surface area contributed by atoms with Crippen LogP contribution in [0.15, 0.2) is 11.0 Å². The summed E-state index contributed by atoms with van der Waals surface area (Å²) in [4.78, 5) is 0.0628. The molecule has 1 aromatic rings. The molecule has 8 heteroatoms. The molecule has 1 heterocycles. The maximum absolute atomic E-state index is 12.0. The quantitative estimate of drug-likeness (QED) is 0.706. The molecule has 1 atom stereocenters. The molecule has 0 saturated heterocycles. The van der Waals surface area contributed by atoms with Crippen LogP contribution < -0.4 is 4.72 Å². The average molecular weight is 395 g/mol. The van der Waals surface area contributed by atoms with E-state index in [1.807, 2.05) is 6.92 Å². The van der Waals surface area contributed by atoms with Gasteiger partial charge in [-0.05, 0) is 18.4 Å². The minimum absolute atomic E-state index is 0.0628. The summed E-state index contributed by atoms with van der Waals surface area (Å²) < 4.78 is 27.2. The van der Waals surface area contributed by atoms with Crippen LogP contribution in [0.3, 0.4) is 0 Å². The van der Waals surface area contributed by atoms with Gasteiger partial charge in [0.05, 0.1) is 4.34 Å². The Bertz CT molecular complexity index is 490. The van der Waals surface area contributed by atoms with Gasteiger partial charge in [-0.25, -0.2) is 13.1 Å². The Labute approximate surface area is 130 Å². The van der Waals surface area contributed by atoms with E-state index in [1.165, 1.54) is 6.07 Å². The van der Waals surface area contributed by atoms with E-state index in [1.54, 1.807) is 0 Å². The molecule has 1 unspecified atom stereocenters. The molecule has 0 bridgehead atoms. The standard InChI is InChI=1S/C10H14BrCl2NO2S2/c1-2-7(3-4-11)6-14-18(15,16)8-5-9(12)17-10(8)13/h5,7,14H,2-4,6H2,1H3. The Balaban J connectivity index is 2.74.